The second kappa shape index (κ2) is 5.37. The van der Waals surface area contributed by atoms with Crippen LogP contribution in [0.15, 0.2) is 54.6 Å². The Hall–Kier alpha value is -1.93. The van der Waals surface area contributed by atoms with Crippen molar-refractivity contribution in [2.45, 2.75) is 19.4 Å². The number of benzene rings is 2. The van der Waals surface area contributed by atoms with Gasteiger partial charge in [0, 0.05) is 0 Å². The van der Waals surface area contributed by atoms with Gasteiger partial charge in [-0.25, -0.2) is 4.39 Å². The van der Waals surface area contributed by atoms with Gasteiger partial charge in [0.2, 0.25) is 0 Å². The van der Waals surface area contributed by atoms with Crippen LogP contribution in [-0.2, 0) is 5.60 Å². The van der Waals surface area contributed by atoms with Gasteiger partial charge >= 0.3 is 0 Å². The highest BCUT2D eigenvalue weighted by Gasteiger charge is 2.18. The molecule has 0 aromatic heterocycles. The van der Waals surface area contributed by atoms with Crippen molar-refractivity contribution in [1.82, 2.24) is 0 Å². The van der Waals surface area contributed by atoms with Crippen LogP contribution >= 0.6 is 0 Å². The van der Waals surface area contributed by atoms with Crippen LogP contribution < -0.4 is 0 Å². The number of aryl methyl sites for hydroxylation is 1. The van der Waals surface area contributed by atoms with Crippen LogP contribution in [0.2, 0.25) is 0 Å². The highest BCUT2D eigenvalue weighted by atomic mass is 19.1. The first kappa shape index (κ1) is 13.5. The quantitative estimate of drug-likeness (QED) is 0.878. The summed E-state index contributed by atoms with van der Waals surface area (Å²) in [6.07, 6.45) is 3.50. The van der Waals surface area contributed by atoms with E-state index in [0.717, 1.165) is 16.7 Å². The molecule has 2 rings (SSSR count). The van der Waals surface area contributed by atoms with Crippen molar-refractivity contribution in [3.05, 3.63) is 77.1 Å². The van der Waals surface area contributed by atoms with Gasteiger partial charge in [0.15, 0.2) is 0 Å². The smallest absolute Gasteiger partial charge is 0.123 e. The number of hydrogen-bond donors (Lipinski definition) is 1. The molecular weight excluding hydrogens is 239 g/mol. The molecular formula is C17H17FO. The van der Waals surface area contributed by atoms with Crippen LogP contribution in [0.3, 0.4) is 0 Å². The SMILES string of the molecule is Cc1ccc(C(C)(O)/C=C/c2ccc(F)cc2)cc1. The highest BCUT2D eigenvalue weighted by molar-refractivity contribution is 5.51. The molecule has 1 nitrogen and oxygen atoms in total. The van der Waals surface area contributed by atoms with Gasteiger partial charge in [-0.2, -0.15) is 0 Å². The predicted octanol–water partition coefficient (Wildman–Crippen LogP) is 4.06. The maximum atomic E-state index is 12.8. The molecule has 1 unspecified atom stereocenters. The normalized spacial score (nSPS) is 14.5. The number of hydrogen-bond acceptors (Lipinski definition) is 1. The van der Waals surface area contributed by atoms with Gasteiger partial charge < -0.3 is 5.11 Å². The van der Waals surface area contributed by atoms with E-state index in [2.05, 4.69) is 0 Å². The van der Waals surface area contributed by atoms with E-state index in [0.29, 0.717) is 0 Å². The highest BCUT2D eigenvalue weighted by Crippen LogP contribution is 2.23. The van der Waals surface area contributed by atoms with Crippen molar-refractivity contribution < 1.29 is 9.50 Å². The monoisotopic (exact) mass is 256 g/mol. The molecule has 0 amide bonds. The summed E-state index contributed by atoms with van der Waals surface area (Å²) in [5, 5.41) is 10.4. The Bertz CT molecular complexity index is 565. The first-order valence-corrected chi connectivity index (χ1v) is 6.22. The van der Waals surface area contributed by atoms with E-state index >= 15 is 0 Å². The van der Waals surface area contributed by atoms with Crippen LogP contribution in [0.4, 0.5) is 4.39 Å². The van der Waals surface area contributed by atoms with Crippen LogP contribution in [0, 0.1) is 12.7 Å². The molecule has 1 N–H and O–H groups in total. The van der Waals surface area contributed by atoms with E-state index in [9.17, 15) is 9.50 Å². The zero-order valence-corrected chi connectivity index (χ0v) is 11.1. The van der Waals surface area contributed by atoms with Crippen LogP contribution in [-0.4, -0.2) is 5.11 Å². The van der Waals surface area contributed by atoms with Crippen molar-refractivity contribution in [2.75, 3.05) is 0 Å². The van der Waals surface area contributed by atoms with Crippen molar-refractivity contribution in [1.29, 1.82) is 0 Å². The Morgan fingerprint density at radius 1 is 1.00 bits per heavy atom. The Kier molecular flexibility index (Phi) is 3.82. The largest absolute Gasteiger partial charge is 0.381 e. The van der Waals surface area contributed by atoms with Gasteiger partial charge in [-0.3, -0.25) is 0 Å². The summed E-state index contributed by atoms with van der Waals surface area (Å²) >= 11 is 0. The third kappa shape index (κ3) is 3.52. The molecule has 0 saturated heterocycles. The summed E-state index contributed by atoms with van der Waals surface area (Å²) in [6.45, 7) is 3.74. The lowest BCUT2D eigenvalue weighted by atomic mass is 9.94. The van der Waals surface area contributed by atoms with Crippen molar-refractivity contribution >= 4 is 6.08 Å². The zero-order chi connectivity index (χ0) is 13.9. The number of aliphatic hydroxyl groups is 1. The zero-order valence-electron chi connectivity index (χ0n) is 11.1. The van der Waals surface area contributed by atoms with Crippen LogP contribution in [0.5, 0.6) is 0 Å². The van der Waals surface area contributed by atoms with Gasteiger partial charge in [0.05, 0.1) is 0 Å². The predicted molar refractivity (Wildman–Crippen MR) is 76.2 cm³/mol. The standard InChI is InChI=1S/C17H17FO/c1-13-3-7-15(8-4-13)17(2,19)12-11-14-5-9-16(18)10-6-14/h3-12,19H,1-2H3/b12-11+. The second-order valence-corrected chi connectivity index (χ2v) is 4.90. The van der Waals surface area contributed by atoms with E-state index in [4.69, 9.17) is 0 Å². The second-order valence-electron chi connectivity index (χ2n) is 4.90. The van der Waals surface area contributed by atoms with Crippen LogP contribution in [0.1, 0.15) is 23.6 Å². The topological polar surface area (TPSA) is 20.2 Å². The maximum Gasteiger partial charge on any atom is 0.123 e. The molecule has 98 valence electrons. The lowest BCUT2D eigenvalue weighted by Gasteiger charge is -2.19. The van der Waals surface area contributed by atoms with E-state index in [1.807, 2.05) is 31.2 Å². The third-order valence-corrected chi connectivity index (χ3v) is 3.11. The first-order chi connectivity index (χ1) is 8.97. The van der Waals surface area contributed by atoms with E-state index in [1.54, 1.807) is 31.2 Å². The maximum absolute atomic E-state index is 12.8. The molecule has 0 radical (unpaired) electrons. The fourth-order valence-electron chi connectivity index (χ4n) is 1.82. The number of halogens is 1. The molecule has 0 spiro atoms. The van der Waals surface area contributed by atoms with Gasteiger partial charge in [0.1, 0.15) is 11.4 Å². The Balaban J connectivity index is 2.20. The van der Waals surface area contributed by atoms with Gasteiger partial charge in [-0.1, -0.05) is 48.0 Å². The Morgan fingerprint density at radius 3 is 2.16 bits per heavy atom. The molecule has 0 fully saturated rings. The van der Waals surface area contributed by atoms with Gasteiger partial charge in [0.25, 0.3) is 0 Å². The fraction of sp³-hybridized carbons (Fsp3) is 0.176. The fourth-order valence-corrected chi connectivity index (χ4v) is 1.82. The minimum Gasteiger partial charge on any atom is -0.381 e. The van der Waals surface area contributed by atoms with Crippen molar-refractivity contribution in [3.8, 4) is 0 Å². The Morgan fingerprint density at radius 2 is 1.58 bits per heavy atom. The van der Waals surface area contributed by atoms with Crippen molar-refractivity contribution in [3.63, 3.8) is 0 Å². The molecule has 0 saturated carbocycles. The Labute approximate surface area is 113 Å². The van der Waals surface area contributed by atoms with E-state index in [1.165, 1.54) is 12.1 Å². The first-order valence-electron chi connectivity index (χ1n) is 6.22. The summed E-state index contributed by atoms with van der Waals surface area (Å²) in [6, 6.07) is 13.9. The molecule has 0 bridgehead atoms. The lowest BCUT2D eigenvalue weighted by Crippen LogP contribution is -2.17. The molecule has 2 heteroatoms. The molecule has 0 heterocycles. The average Bonchev–Trinajstić information content (AvgIpc) is 2.39. The van der Waals surface area contributed by atoms with E-state index in [-0.39, 0.29) is 5.82 Å². The lowest BCUT2D eigenvalue weighted by molar-refractivity contribution is 0.112. The minimum atomic E-state index is -1.04. The summed E-state index contributed by atoms with van der Waals surface area (Å²) in [7, 11) is 0. The molecule has 1 atom stereocenters. The summed E-state index contributed by atoms with van der Waals surface area (Å²) in [5.74, 6) is -0.262. The summed E-state index contributed by atoms with van der Waals surface area (Å²) in [5.41, 5.74) is 1.80. The summed E-state index contributed by atoms with van der Waals surface area (Å²) in [4.78, 5) is 0. The molecule has 0 aliphatic carbocycles. The third-order valence-electron chi connectivity index (χ3n) is 3.11. The van der Waals surface area contributed by atoms with Gasteiger partial charge in [-0.15, -0.1) is 0 Å². The molecule has 0 aliphatic heterocycles. The van der Waals surface area contributed by atoms with Crippen molar-refractivity contribution in [2.24, 2.45) is 0 Å². The summed E-state index contributed by atoms with van der Waals surface area (Å²) < 4.78 is 12.8. The molecule has 2 aromatic carbocycles. The number of rotatable bonds is 3. The molecule has 0 aliphatic rings. The van der Waals surface area contributed by atoms with E-state index < -0.39 is 5.60 Å². The molecule has 2 aromatic rings. The average molecular weight is 256 g/mol. The minimum absolute atomic E-state index is 0.262. The molecule has 19 heavy (non-hydrogen) atoms. The van der Waals surface area contributed by atoms with Gasteiger partial charge in [-0.05, 0) is 43.2 Å². The van der Waals surface area contributed by atoms with Crippen LogP contribution in [0.25, 0.3) is 6.08 Å².